The molecule has 2 fully saturated rings. The number of likely N-dealkylation sites (tertiary alicyclic amines) is 1. The molecule has 0 atom stereocenters. The first-order valence-corrected chi connectivity index (χ1v) is 9.95. The molecule has 2 aliphatic rings. The van der Waals surface area contributed by atoms with Crippen LogP contribution in [0.3, 0.4) is 0 Å². The summed E-state index contributed by atoms with van der Waals surface area (Å²) in [7, 11) is 0. The summed E-state index contributed by atoms with van der Waals surface area (Å²) in [4.78, 5) is 37.8. The van der Waals surface area contributed by atoms with Gasteiger partial charge in [-0.1, -0.05) is 25.3 Å². The Balaban J connectivity index is 1.57. The Morgan fingerprint density at radius 3 is 2.41 bits per heavy atom. The van der Waals surface area contributed by atoms with E-state index in [9.17, 15) is 14.4 Å². The van der Waals surface area contributed by atoms with Crippen LogP contribution in [0.15, 0.2) is 24.3 Å². The molecule has 1 aliphatic heterocycles. The Hall–Kier alpha value is -2.37. The Labute approximate surface area is 159 Å². The molecule has 0 aromatic heterocycles. The lowest BCUT2D eigenvalue weighted by atomic mass is 9.88. The van der Waals surface area contributed by atoms with Gasteiger partial charge in [0, 0.05) is 36.7 Å². The van der Waals surface area contributed by atoms with Crippen molar-refractivity contribution in [3.63, 3.8) is 0 Å². The van der Waals surface area contributed by atoms with Crippen molar-refractivity contribution in [2.45, 2.75) is 51.4 Å². The Morgan fingerprint density at radius 1 is 1.04 bits per heavy atom. The summed E-state index contributed by atoms with van der Waals surface area (Å²) in [6.07, 6.45) is 6.91. The third-order valence-corrected chi connectivity index (χ3v) is 5.72. The van der Waals surface area contributed by atoms with Crippen LogP contribution in [0.5, 0.6) is 0 Å². The Kier molecular flexibility index (Phi) is 6.48. The van der Waals surface area contributed by atoms with Crippen LogP contribution < -0.4 is 5.32 Å². The molecule has 146 valence electrons. The van der Waals surface area contributed by atoms with Crippen molar-refractivity contribution in [2.24, 2.45) is 11.8 Å². The number of carboxylic acid groups (broad SMARTS) is 1. The number of carbonyl (C=O) groups is 3. The van der Waals surface area contributed by atoms with Crippen molar-refractivity contribution in [3.05, 3.63) is 29.8 Å². The molecule has 1 aromatic carbocycles. The van der Waals surface area contributed by atoms with Crippen LogP contribution in [-0.4, -0.2) is 40.9 Å². The quantitative estimate of drug-likeness (QED) is 0.828. The van der Waals surface area contributed by atoms with E-state index in [2.05, 4.69) is 5.32 Å². The summed E-state index contributed by atoms with van der Waals surface area (Å²) in [5, 5.41) is 11.9. The number of nitrogens with zero attached hydrogens (tertiary/aromatic N) is 1. The predicted molar refractivity (Wildman–Crippen MR) is 103 cm³/mol. The predicted octanol–water partition coefficient (Wildman–Crippen LogP) is 3.53. The molecule has 1 saturated carbocycles. The number of aliphatic carboxylic acids is 1. The fraction of sp³-hybridized carbons (Fsp3) is 0.571. The fourth-order valence-electron chi connectivity index (χ4n) is 4.11. The van der Waals surface area contributed by atoms with Gasteiger partial charge in [-0.3, -0.25) is 14.4 Å². The van der Waals surface area contributed by atoms with Crippen molar-refractivity contribution in [1.29, 1.82) is 0 Å². The number of rotatable bonds is 5. The number of carboxylic acids is 1. The van der Waals surface area contributed by atoms with Crippen LogP contribution in [-0.2, 0) is 9.59 Å². The Bertz CT molecular complexity index is 689. The first-order chi connectivity index (χ1) is 13.0. The second kappa shape index (κ2) is 9.02. The molecule has 1 heterocycles. The number of anilines is 1. The SMILES string of the molecule is O=C(O)CC1CCN(C(=O)c2cccc(NC(=O)C3CCCCC3)c2)CC1. The minimum absolute atomic E-state index is 0.0498. The molecule has 0 bridgehead atoms. The molecule has 2 amide bonds. The summed E-state index contributed by atoms with van der Waals surface area (Å²) in [6.45, 7) is 1.16. The summed E-state index contributed by atoms with van der Waals surface area (Å²) in [6, 6.07) is 7.12. The summed E-state index contributed by atoms with van der Waals surface area (Å²) in [5.74, 6) is -0.563. The standard InChI is InChI=1S/C21H28N2O4/c24-19(25)13-15-9-11-23(12-10-15)21(27)17-7-4-8-18(14-17)22-20(26)16-5-2-1-3-6-16/h4,7-8,14-16H,1-3,5-6,9-13H2,(H,22,26)(H,24,25). The fourth-order valence-corrected chi connectivity index (χ4v) is 4.11. The monoisotopic (exact) mass is 372 g/mol. The summed E-state index contributed by atoms with van der Waals surface area (Å²) < 4.78 is 0. The van der Waals surface area contributed by atoms with Crippen LogP contribution >= 0.6 is 0 Å². The van der Waals surface area contributed by atoms with Crippen molar-refractivity contribution >= 4 is 23.5 Å². The lowest BCUT2D eigenvalue weighted by Gasteiger charge is -2.31. The van der Waals surface area contributed by atoms with Gasteiger partial charge in [0.05, 0.1) is 0 Å². The summed E-state index contributed by atoms with van der Waals surface area (Å²) in [5.41, 5.74) is 1.23. The minimum atomic E-state index is -0.777. The third-order valence-electron chi connectivity index (χ3n) is 5.72. The van der Waals surface area contributed by atoms with E-state index in [0.29, 0.717) is 24.3 Å². The number of nitrogens with one attached hydrogen (secondary N) is 1. The highest BCUT2D eigenvalue weighted by Crippen LogP contribution is 2.26. The molecule has 6 heteroatoms. The van der Waals surface area contributed by atoms with Gasteiger partial charge in [-0.15, -0.1) is 0 Å². The van der Waals surface area contributed by atoms with Crippen molar-refractivity contribution in [1.82, 2.24) is 4.90 Å². The average Bonchev–Trinajstić information content (AvgIpc) is 2.68. The normalized spacial score (nSPS) is 18.9. The molecule has 0 unspecified atom stereocenters. The average molecular weight is 372 g/mol. The van der Waals surface area contributed by atoms with Crippen LogP contribution in [0.25, 0.3) is 0 Å². The van der Waals surface area contributed by atoms with Crippen LogP contribution in [0.4, 0.5) is 5.69 Å². The van der Waals surface area contributed by atoms with Gasteiger partial charge in [-0.2, -0.15) is 0 Å². The third kappa shape index (κ3) is 5.31. The zero-order valence-corrected chi connectivity index (χ0v) is 15.7. The maximum Gasteiger partial charge on any atom is 0.303 e. The maximum absolute atomic E-state index is 12.8. The lowest BCUT2D eigenvalue weighted by Crippen LogP contribution is -2.38. The van der Waals surface area contributed by atoms with Crippen LogP contribution in [0.2, 0.25) is 0 Å². The lowest BCUT2D eigenvalue weighted by molar-refractivity contribution is -0.138. The first-order valence-electron chi connectivity index (χ1n) is 9.95. The highest BCUT2D eigenvalue weighted by atomic mass is 16.4. The van der Waals surface area contributed by atoms with Gasteiger partial charge >= 0.3 is 5.97 Å². The molecule has 2 N–H and O–H groups in total. The number of amides is 2. The molecule has 1 saturated heterocycles. The molecule has 1 aliphatic carbocycles. The zero-order valence-electron chi connectivity index (χ0n) is 15.7. The van der Waals surface area contributed by atoms with Gasteiger partial charge in [-0.25, -0.2) is 0 Å². The Morgan fingerprint density at radius 2 is 1.74 bits per heavy atom. The van der Waals surface area contributed by atoms with Crippen molar-refractivity contribution in [2.75, 3.05) is 18.4 Å². The topological polar surface area (TPSA) is 86.7 Å². The molecule has 6 nitrogen and oxygen atoms in total. The van der Waals surface area contributed by atoms with E-state index >= 15 is 0 Å². The number of carbonyl (C=O) groups excluding carboxylic acids is 2. The number of benzene rings is 1. The molecule has 0 radical (unpaired) electrons. The van der Waals surface area contributed by atoms with E-state index in [1.165, 1.54) is 6.42 Å². The maximum atomic E-state index is 12.8. The largest absolute Gasteiger partial charge is 0.481 e. The van der Waals surface area contributed by atoms with Crippen molar-refractivity contribution in [3.8, 4) is 0 Å². The second-order valence-electron chi connectivity index (χ2n) is 7.74. The highest BCUT2D eigenvalue weighted by molar-refractivity contribution is 5.97. The molecule has 1 aromatic rings. The summed E-state index contributed by atoms with van der Waals surface area (Å²) >= 11 is 0. The van der Waals surface area contributed by atoms with E-state index in [1.807, 2.05) is 6.07 Å². The minimum Gasteiger partial charge on any atom is -0.481 e. The second-order valence-corrected chi connectivity index (χ2v) is 7.74. The number of hydrogen-bond donors (Lipinski definition) is 2. The molecule has 27 heavy (non-hydrogen) atoms. The molecule has 3 rings (SSSR count). The smallest absolute Gasteiger partial charge is 0.303 e. The highest BCUT2D eigenvalue weighted by Gasteiger charge is 2.25. The zero-order chi connectivity index (χ0) is 19.2. The van der Waals surface area contributed by atoms with Gasteiger partial charge in [-0.05, 0) is 49.8 Å². The van der Waals surface area contributed by atoms with E-state index < -0.39 is 5.97 Å². The van der Waals surface area contributed by atoms with E-state index in [1.54, 1.807) is 23.1 Å². The van der Waals surface area contributed by atoms with E-state index in [-0.39, 0.29) is 30.1 Å². The van der Waals surface area contributed by atoms with Gasteiger partial charge < -0.3 is 15.3 Å². The van der Waals surface area contributed by atoms with E-state index in [0.717, 1.165) is 38.5 Å². The molecule has 0 spiro atoms. The van der Waals surface area contributed by atoms with Gasteiger partial charge in [0.2, 0.25) is 5.91 Å². The molecular formula is C21H28N2O4. The van der Waals surface area contributed by atoms with Gasteiger partial charge in [0.15, 0.2) is 0 Å². The number of hydrogen-bond acceptors (Lipinski definition) is 3. The number of piperidine rings is 1. The van der Waals surface area contributed by atoms with Gasteiger partial charge in [0.1, 0.15) is 0 Å². The van der Waals surface area contributed by atoms with E-state index in [4.69, 9.17) is 5.11 Å². The van der Waals surface area contributed by atoms with Crippen LogP contribution in [0, 0.1) is 11.8 Å². The van der Waals surface area contributed by atoms with Gasteiger partial charge in [0.25, 0.3) is 5.91 Å². The first kappa shape index (κ1) is 19.4. The van der Waals surface area contributed by atoms with Crippen LogP contribution in [0.1, 0.15) is 61.7 Å². The van der Waals surface area contributed by atoms with Crippen molar-refractivity contribution < 1.29 is 19.5 Å². The molecular weight excluding hydrogens is 344 g/mol.